The van der Waals surface area contributed by atoms with Crippen molar-refractivity contribution in [3.8, 4) is 11.1 Å². The van der Waals surface area contributed by atoms with E-state index in [1.54, 1.807) is 19.2 Å². The highest BCUT2D eigenvalue weighted by Gasteiger charge is 2.29. The van der Waals surface area contributed by atoms with Crippen LogP contribution in [0.3, 0.4) is 0 Å². The molecular formula is C22H25FN6O2. The third kappa shape index (κ3) is 4.55. The zero-order valence-corrected chi connectivity index (χ0v) is 17.9. The molecule has 162 valence electrons. The average Bonchev–Trinajstić information content (AvgIpc) is 3.17. The molecule has 4 rings (SSSR count). The summed E-state index contributed by atoms with van der Waals surface area (Å²) in [5, 5.41) is 7.57. The smallest absolute Gasteiger partial charge is 0.228 e. The van der Waals surface area contributed by atoms with Gasteiger partial charge in [0.15, 0.2) is 0 Å². The zero-order chi connectivity index (χ0) is 22.0. The summed E-state index contributed by atoms with van der Waals surface area (Å²) in [6.45, 7) is 2.99. The Labute approximate surface area is 180 Å². The molecule has 0 radical (unpaired) electrons. The molecule has 0 spiro atoms. The third-order valence-electron chi connectivity index (χ3n) is 5.57. The van der Waals surface area contributed by atoms with Crippen LogP contribution in [-0.4, -0.2) is 58.3 Å². The summed E-state index contributed by atoms with van der Waals surface area (Å²) >= 11 is 0. The lowest BCUT2D eigenvalue weighted by Crippen LogP contribution is -2.40. The molecule has 31 heavy (non-hydrogen) atoms. The fourth-order valence-corrected chi connectivity index (χ4v) is 3.88. The molecule has 1 saturated heterocycles. The number of carbonyl (C=O) groups is 1. The second-order valence-corrected chi connectivity index (χ2v) is 8.03. The van der Waals surface area contributed by atoms with Gasteiger partial charge in [0.25, 0.3) is 0 Å². The molecule has 9 heteroatoms. The quantitative estimate of drug-likeness (QED) is 0.622. The van der Waals surface area contributed by atoms with Crippen LogP contribution >= 0.6 is 0 Å². The maximum atomic E-state index is 13.9. The van der Waals surface area contributed by atoms with Crippen molar-refractivity contribution < 1.29 is 13.8 Å². The van der Waals surface area contributed by atoms with Crippen molar-refractivity contribution in [2.45, 2.75) is 32.1 Å². The first-order valence-corrected chi connectivity index (χ1v) is 10.3. The summed E-state index contributed by atoms with van der Waals surface area (Å²) in [5.74, 6) is 0.284. The number of likely N-dealkylation sites (tertiary alicyclic amines) is 1. The van der Waals surface area contributed by atoms with Gasteiger partial charge in [-0.15, -0.1) is 0 Å². The maximum absolute atomic E-state index is 13.9. The highest BCUT2D eigenvalue weighted by atomic mass is 19.1. The highest BCUT2D eigenvalue weighted by molar-refractivity contribution is 5.78. The average molecular weight is 424 g/mol. The minimum atomic E-state index is -0.308. The normalized spacial score (nSPS) is 16.4. The van der Waals surface area contributed by atoms with E-state index in [1.807, 2.05) is 30.0 Å². The molecule has 0 N–H and O–H groups in total. The number of hydrogen-bond donors (Lipinski definition) is 0. The monoisotopic (exact) mass is 424 g/mol. The molecule has 1 unspecified atom stereocenters. The van der Waals surface area contributed by atoms with Crippen molar-refractivity contribution in [2.75, 3.05) is 32.1 Å². The van der Waals surface area contributed by atoms with Crippen molar-refractivity contribution in [1.29, 1.82) is 0 Å². The van der Waals surface area contributed by atoms with Crippen LogP contribution in [0.1, 0.15) is 35.8 Å². The lowest BCUT2D eigenvalue weighted by molar-refractivity contribution is -0.131. The van der Waals surface area contributed by atoms with E-state index in [0.717, 1.165) is 29.7 Å². The van der Waals surface area contributed by atoms with E-state index in [1.165, 1.54) is 12.1 Å². The van der Waals surface area contributed by atoms with Crippen molar-refractivity contribution in [2.24, 2.45) is 0 Å². The van der Waals surface area contributed by atoms with Gasteiger partial charge in [0.2, 0.25) is 11.9 Å². The number of benzene rings is 1. The summed E-state index contributed by atoms with van der Waals surface area (Å²) < 4.78 is 18.6. The van der Waals surface area contributed by atoms with Crippen LogP contribution in [-0.2, 0) is 11.2 Å². The summed E-state index contributed by atoms with van der Waals surface area (Å²) in [7, 11) is 3.76. The lowest BCUT2D eigenvalue weighted by atomic mass is 9.89. The van der Waals surface area contributed by atoms with Crippen LogP contribution in [0.4, 0.5) is 10.3 Å². The van der Waals surface area contributed by atoms with E-state index >= 15 is 0 Å². The predicted octanol–water partition coefficient (Wildman–Crippen LogP) is 2.99. The summed E-state index contributed by atoms with van der Waals surface area (Å²) in [6, 6.07) is 6.44. The molecule has 1 amide bonds. The molecule has 3 aromatic rings. The Kier molecular flexibility index (Phi) is 5.92. The number of aryl methyl sites for hydroxylation is 1. The number of nitrogens with zero attached hydrogens (tertiary/aromatic N) is 6. The van der Waals surface area contributed by atoms with Gasteiger partial charge in [-0.3, -0.25) is 4.79 Å². The fraction of sp³-hybridized carbons (Fsp3) is 0.409. The molecule has 3 heterocycles. The van der Waals surface area contributed by atoms with E-state index in [0.29, 0.717) is 30.4 Å². The molecule has 1 aliphatic heterocycles. The van der Waals surface area contributed by atoms with Crippen LogP contribution in [0, 0.1) is 12.7 Å². The fourth-order valence-electron chi connectivity index (χ4n) is 3.88. The molecule has 1 aromatic carbocycles. The van der Waals surface area contributed by atoms with Gasteiger partial charge >= 0.3 is 0 Å². The zero-order valence-electron chi connectivity index (χ0n) is 17.9. The van der Waals surface area contributed by atoms with E-state index in [9.17, 15) is 9.18 Å². The summed E-state index contributed by atoms with van der Waals surface area (Å²) in [4.78, 5) is 25.8. The third-order valence-corrected chi connectivity index (χ3v) is 5.57. The Bertz CT molecular complexity index is 1080. The first kappa shape index (κ1) is 20.9. The van der Waals surface area contributed by atoms with Crippen LogP contribution in [0.2, 0.25) is 0 Å². The van der Waals surface area contributed by atoms with Gasteiger partial charge in [-0.2, -0.15) is 0 Å². The molecule has 1 fully saturated rings. The number of halogens is 1. The number of anilines is 1. The van der Waals surface area contributed by atoms with E-state index in [4.69, 9.17) is 9.61 Å². The lowest BCUT2D eigenvalue weighted by Gasteiger charge is -2.33. The molecule has 0 aliphatic carbocycles. The van der Waals surface area contributed by atoms with Gasteiger partial charge < -0.3 is 9.80 Å². The topological polar surface area (TPSA) is 88.2 Å². The standard InChI is InChI=1S/C22H25FN6O2/c1-14-19(27-31-26-14)11-20(30)29-9-5-7-16(13-29)21-18(12-24-22(25-21)28(2)3)15-6-4-8-17(23)10-15/h4,6,8,10,12,16H,5,7,9,11,13H2,1-3H3. The van der Waals surface area contributed by atoms with Gasteiger partial charge in [-0.25, -0.2) is 19.0 Å². The van der Waals surface area contributed by atoms with Crippen LogP contribution in [0.15, 0.2) is 35.1 Å². The Morgan fingerprint density at radius 1 is 1.32 bits per heavy atom. The second-order valence-electron chi connectivity index (χ2n) is 8.03. The van der Waals surface area contributed by atoms with Crippen molar-refractivity contribution in [1.82, 2.24) is 25.2 Å². The minimum Gasteiger partial charge on any atom is -0.347 e. The Morgan fingerprint density at radius 3 is 2.87 bits per heavy atom. The number of amides is 1. The number of hydrogen-bond acceptors (Lipinski definition) is 7. The molecule has 0 saturated carbocycles. The number of carbonyl (C=O) groups excluding carboxylic acids is 1. The molecule has 8 nitrogen and oxygen atoms in total. The minimum absolute atomic E-state index is 0.0160. The van der Waals surface area contributed by atoms with Gasteiger partial charge in [-0.1, -0.05) is 22.4 Å². The SMILES string of the molecule is Cc1nonc1CC(=O)N1CCCC(c2nc(N(C)C)ncc2-c2cccc(F)c2)C1. The van der Waals surface area contributed by atoms with Crippen molar-refractivity contribution in [3.63, 3.8) is 0 Å². The molecule has 1 atom stereocenters. The highest BCUT2D eigenvalue weighted by Crippen LogP contribution is 2.34. The van der Waals surface area contributed by atoms with Gasteiger partial charge in [0.05, 0.1) is 12.1 Å². The maximum Gasteiger partial charge on any atom is 0.228 e. The van der Waals surface area contributed by atoms with Gasteiger partial charge in [-0.05, 0) is 37.5 Å². The molecular weight excluding hydrogens is 399 g/mol. The Balaban J connectivity index is 1.63. The van der Waals surface area contributed by atoms with Crippen LogP contribution in [0.5, 0.6) is 0 Å². The van der Waals surface area contributed by atoms with E-state index in [2.05, 4.69) is 15.3 Å². The first-order valence-electron chi connectivity index (χ1n) is 10.3. The number of rotatable bonds is 5. The summed E-state index contributed by atoms with van der Waals surface area (Å²) in [5.41, 5.74) is 3.54. The Morgan fingerprint density at radius 2 is 2.16 bits per heavy atom. The van der Waals surface area contributed by atoms with Crippen LogP contribution in [0.25, 0.3) is 11.1 Å². The van der Waals surface area contributed by atoms with Gasteiger partial charge in [0.1, 0.15) is 17.2 Å². The van der Waals surface area contributed by atoms with E-state index in [-0.39, 0.29) is 24.1 Å². The molecule has 2 aromatic heterocycles. The summed E-state index contributed by atoms with van der Waals surface area (Å²) in [6.07, 6.45) is 3.65. The largest absolute Gasteiger partial charge is 0.347 e. The second kappa shape index (κ2) is 8.79. The van der Waals surface area contributed by atoms with Crippen molar-refractivity contribution >= 4 is 11.9 Å². The first-order chi connectivity index (χ1) is 14.9. The van der Waals surface area contributed by atoms with E-state index < -0.39 is 0 Å². The van der Waals surface area contributed by atoms with Gasteiger partial charge in [0, 0.05) is 44.9 Å². The van der Waals surface area contributed by atoms with Crippen LogP contribution < -0.4 is 4.90 Å². The molecule has 1 aliphatic rings. The van der Waals surface area contributed by atoms with Crippen molar-refractivity contribution in [3.05, 3.63) is 53.4 Å². The predicted molar refractivity (Wildman–Crippen MR) is 113 cm³/mol. The molecule has 0 bridgehead atoms. The number of aromatic nitrogens is 4. The number of piperidine rings is 1. The Hall–Kier alpha value is -3.36.